The molecule has 0 radical (unpaired) electrons. The van der Waals surface area contributed by atoms with Crippen LogP contribution in [0.3, 0.4) is 0 Å². The fraction of sp³-hybridized carbons (Fsp3) is 0.263. The number of halogens is 1. The zero-order valence-electron chi connectivity index (χ0n) is 14.0. The second-order valence-electron chi connectivity index (χ2n) is 5.86. The maximum absolute atomic E-state index is 13.6. The standard InChI is InChI=1S/C19H19FN2O4/c20-17-9-2-1-8-16(17)19(24)22-21-18(23)13-5-3-6-14(11-13)26-12-15-7-4-10-25-15/h1-3,5-6,8-9,11,15H,4,7,10,12H2,(H,21,23)(H,22,24). The maximum Gasteiger partial charge on any atom is 0.272 e. The first kappa shape index (κ1) is 17.9. The number of nitrogens with one attached hydrogen (secondary N) is 2. The van der Waals surface area contributed by atoms with Crippen LogP contribution in [0.4, 0.5) is 4.39 Å². The van der Waals surface area contributed by atoms with Gasteiger partial charge in [-0.25, -0.2) is 4.39 Å². The number of hydrazine groups is 1. The summed E-state index contributed by atoms with van der Waals surface area (Å²) in [4.78, 5) is 24.1. The predicted molar refractivity (Wildman–Crippen MR) is 92.2 cm³/mol. The number of carbonyl (C=O) groups excluding carboxylic acids is 2. The van der Waals surface area contributed by atoms with E-state index in [2.05, 4.69) is 10.9 Å². The first-order valence-corrected chi connectivity index (χ1v) is 8.33. The summed E-state index contributed by atoms with van der Waals surface area (Å²) in [6, 6.07) is 12.1. The van der Waals surface area contributed by atoms with E-state index in [1.54, 1.807) is 24.3 Å². The molecule has 1 aliphatic heterocycles. The monoisotopic (exact) mass is 358 g/mol. The molecule has 1 saturated heterocycles. The van der Waals surface area contributed by atoms with Crippen molar-refractivity contribution in [2.75, 3.05) is 13.2 Å². The largest absolute Gasteiger partial charge is 0.491 e. The van der Waals surface area contributed by atoms with Crippen molar-refractivity contribution in [3.05, 3.63) is 65.5 Å². The summed E-state index contributed by atoms with van der Waals surface area (Å²) >= 11 is 0. The number of carbonyl (C=O) groups is 2. The zero-order valence-corrected chi connectivity index (χ0v) is 14.0. The van der Waals surface area contributed by atoms with Crippen LogP contribution in [0.5, 0.6) is 5.75 Å². The van der Waals surface area contributed by atoms with Gasteiger partial charge in [0.25, 0.3) is 11.8 Å². The van der Waals surface area contributed by atoms with E-state index in [0.29, 0.717) is 17.9 Å². The highest BCUT2D eigenvalue weighted by Gasteiger charge is 2.17. The van der Waals surface area contributed by atoms with E-state index in [9.17, 15) is 14.0 Å². The fourth-order valence-corrected chi connectivity index (χ4v) is 2.59. The van der Waals surface area contributed by atoms with E-state index < -0.39 is 17.6 Å². The Labute approximate surface area is 150 Å². The van der Waals surface area contributed by atoms with Crippen molar-refractivity contribution in [1.29, 1.82) is 0 Å². The molecular formula is C19H19FN2O4. The molecule has 0 aliphatic carbocycles. The van der Waals surface area contributed by atoms with Gasteiger partial charge in [-0.2, -0.15) is 0 Å². The van der Waals surface area contributed by atoms with Gasteiger partial charge in [-0.1, -0.05) is 18.2 Å². The van der Waals surface area contributed by atoms with Crippen molar-refractivity contribution in [2.24, 2.45) is 0 Å². The van der Waals surface area contributed by atoms with Gasteiger partial charge in [-0.05, 0) is 43.2 Å². The van der Waals surface area contributed by atoms with Crippen LogP contribution in [0.1, 0.15) is 33.6 Å². The molecule has 6 nitrogen and oxygen atoms in total. The van der Waals surface area contributed by atoms with Gasteiger partial charge in [0.1, 0.15) is 18.2 Å². The average molecular weight is 358 g/mol. The van der Waals surface area contributed by atoms with E-state index >= 15 is 0 Å². The lowest BCUT2D eigenvalue weighted by molar-refractivity contribution is 0.0679. The second kappa shape index (κ2) is 8.44. The van der Waals surface area contributed by atoms with Crippen LogP contribution in [0, 0.1) is 5.82 Å². The van der Waals surface area contributed by atoms with Crippen molar-refractivity contribution in [3.8, 4) is 5.75 Å². The Morgan fingerprint density at radius 2 is 1.92 bits per heavy atom. The molecule has 136 valence electrons. The van der Waals surface area contributed by atoms with Crippen LogP contribution in [0.2, 0.25) is 0 Å². The Balaban J connectivity index is 1.55. The summed E-state index contributed by atoms with van der Waals surface area (Å²) in [6.45, 7) is 1.17. The van der Waals surface area contributed by atoms with Crippen LogP contribution in [0.15, 0.2) is 48.5 Å². The lowest BCUT2D eigenvalue weighted by Crippen LogP contribution is -2.41. The summed E-state index contributed by atoms with van der Waals surface area (Å²) in [5.74, 6) is -1.39. The van der Waals surface area contributed by atoms with Gasteiger partial charge in [0.2, 0.25) is 0 Å². The quantitative estimate of drug-likeness (QED) is 0.805. The molecule has 2 N–H and O–H groups in total. The second-order valence-corrected chi connectivity index (χ2v) is 5.86. The molecule has 0 saturated carbocycles. The minimum Gasteiger partial charge on any atom is -0.491 e. The van der Waals surface area contributed by atoms with Crippen LogP contribution < -0.4 is 15.6 Å². The number of hydrogen-bond acceptors (Lipinski definition) is 4. The Bertz CT molecular complexity index is 791. The Kier molecular flexibility index (Phi) is 5.80. The molecule has 1 fully saturated rings. The molecule has 1 heterocycles. The molecule has 3 rings (SSSR count). The molecule has 0 bridgehead atoms. The van der Waals surface area contributed by atoms with Crippen LogP contribution in [0.25, 0.3) is 0 Å². The number of hydrogen-bond donors (Lipinski definition) is 2. The predicted octanol–water partition coefficient (Wildman–Crippen LogP) is 2.46. The van der Waals surface area contributed by atoms with Crippen molar-refractivity contribution in [2.45, 2.75) is 18.9 Å². The average Bonchev–Trinajstić information content (AvgIpc) is 3.18. The van der Waals surface area contributed by atoms with Crippen LogP contribution in [-0.4, -0.2) is 31.1 Å². The molecule has 2 amide bonds. The van der Waals surface area contributed by atoms with Gasteiger partial charge < -0.3 is 9.47 Å². The first-order valence-electron chi connectivity index (χ1n) is 8.33. The van der Waals surface area contributed by atoms with Gasteiger partial charge in [-0.3, -0.25) is 20.4 Å². The molecule has 1 aliphatic rings. The number of benzene rings is 2. The maximum atomic E-state index is 13.6. The van der Waals surface area contributed by atoms with E-state index in [1.807, 2.05) is 0 Å². The lowest BCUT2D eigenvalue weighted by Gasteiger charge is -2.12. The van der Waals surface area contributed by atoms with Crippen molar-refractivity contribution in [1.82, 2.24) is 10.9 Å². The lowest BCUT2D eigenvalue weighted by atomic mass is 10.2. The number of rotatable bonds is 5. The Hall–Kier alpha value is -2.93. The summed E-state index contributed by atoms with van der Waals surface area (Å²) in [5, 5.41) is 0. The number of ether oxygens (including phenoxy) is 2. The summed E-state index contributed by atoms with van der Waals surface area (Å²) in [5.41, 5.74) is 4.62. The van der Waals surface area contributed by atoms with Crippen molar-refractivity contribution < 1.29 is 23.5 Å². The SMILES string of the molecule is O=C(NNC(=O)c1ccccc1F)c1cccc(OCC2CCCO2)c1. The van der Waals surface area contributed by atoms with Crippen LogP contribution in [-0.2, 0) is 4.74 Å². The third-order valence-electron chi connectivity index (χ3n) is 3.96. The molecule has 26 heavy (non-hydrogen) atoms. The molecular weight excluding hydrogens is 339 g/mol. The molecule has 2 aromatic rings. The number of amides is 2. The van der Waals surface area contributed by atoms with E-state index in [4.69, 9.17) is 9.47 Å². The highest BCUT2D eigenvalue weighted by atomic mass is 19.1. The summed E-state index contributed by atoms with van der Waals surface area (Å²) < 4.78 is 24.7. The van der Waals surface area contributed by atoms with E-state index in [-0.39, 0.29) is 11.7 Å². The summed E-state index contributed by atoms with van der Waals surface area (Å²) in [6.07, 6.45) is 2.06. The van der Waals surface area contributed by atoms with Gasteiger partial charge in [-0.15, -0.1) is 0 Å². The third kappa shape index (κ3) is 4.58. The fourth-order valence-electron chi connectivity index (χ4n) is 2.59. The van der Waals surface area contributed by atoms with Gasteiger partial charge >= 0.3 is 0 Å². The molecule has 0 spiro atoms. The molecule has 0 aromatic heterocycles. The highest BCUT2D eigenvalue weighted by molar-refractivity contribution is 5.99. The highest BCUT2D eigenvalue weighted by Crippen LogP contribution is 2.17. The van der Waals surface area contributed by atoms with Crippen molar-refractivity contribution >= 4 is 11.8 Å². The van der Waals surface area contributed by atoms with Gasteiger partial charge in [0.15, 0.2) is 0 Å². The van der Waals surface area contributed by atoms with Crippen molar-refractivity contribution in [3.63, 3.8) is 0 Å². The molecule has 1 unspecified atom stereocenters. The minimum atomic E-state index is -0.734. The smallest absolute Gasteiger partial charge is 0.272 e. The Morgan fingerprint density at radius 1 is 1.12 bits per heavy atom. The molecule has 1 atom stereocenters. The van der Waals surface area contributed by atoms with Gasteiger partial charge in [0.05, 0.1) is 11.7 Å². The minimum absolute atomic E-state index is 0.0764. The van der Waals surface area contributed by atoms with E-state index in [0.717, 1.165) is 19.4 Å². The molecule has 7 heteroatoms. The third-order valence-corrected chi connectivity index (χ3v) is 3.96. The zero-order chi connectivity index (χ0) is 18.4. The Morgan fingerprint density at radius 3 is 2.69 bits per heavy atom. The normalized spacial score (nSPS) is 16.1. The summed E-state index contributed by atoms with van der Waals surface area (Å²) in [7, 11) is 0. The first-order chi connectivity index (χ1) is 12.6. The van der Waals surface area contributed by atoms with E-state index in [1.165, 1.54) is 24.3 Å². The van der Waals surface area contributed by atoms with Gasteiger partial charge in [0, 0.05) is 12.2 Å². The van der Waals surface area contributed by atoms with Crippen LogP contribution >= 0.6 is 0 Å². The topological polar surface area (TPSA) is 76.7 Å². The molecule has 2 aromatic carbocycles.